The van der Waals surface area contributed by atoms with Gasteiger partial charge in [0.15, 0.2) is 5.13 Å². The van der Waals surface area contributed by atoms with Gasteiger partial charge in [-0.1, -0.05) is 42.5 Å². The molecular formula is C26H31N7O4S. The molecule has 38 heavy (non-hydrogen) atoms. The van der Waals surface area contributed by atoms with Gasteiger partial charge in [-0.15, -0.1) is 0 Å². The lowest BCUT2D eigenvalue weighted by Crippen LogP contribution is -2.62. The van der Waals surface area contributed by atoms with Crippen LogP contribution < -0.4 is 15.8 Å². The molecule has 0 unspecified atom stereocenters. The van der Waals surface area contributed by atoms with Gasteiger partial charge in [0.05, 0.1) is 30.4 Å². The van der Waals surface area contributed by atoms with Crippen molar-refractivity contribution in [3.63, 3.8) is 0 Å². The van der Waals surface area contributed by atoms with Crippen molar-refractivity contribution in [2.24, 2.45) is 0 Å². The van der Waals surface area contributed by atoms with E-state index in [1.165, 1.54) is 11.3 Å². The van der Waals surface area contributed by atoms with Crippen molar-refractivity contribution in [1.82, 2.24) is 30.1 Å². The van der Waals surface area contributed by atoms with Crippen LogP contribution in [0.25, 0.3) is 10.2 Å². The first-order valence-corrected chi connectivity index (χ1v) is 13.4. The highest BCUT2D eigenvalue weighted by atomic mass is 32.1. The van der Waals surface area contributed by atoms with E-state index in [-0.39, 0.29) is 37.5 Å². The number of aromatic nitrogens is 1. The van der Waals surface area contributed by atoms with E-state index in [0.29, 0.717) is 31.2 Å². The second-order valence-corrected chi connectivity index (χ2v) is 10.4. The third-order valence-corrected chi connectivity index (χ3v) is 7.68. The second-order valence-electron chi connectivity index (χ2n) is 9.32. The highest BCUT2D eigenvalue weighted by molar-refractivity contribution is 7.22. The number of nitrogens with zero attached hydrogens (tertiary/aromatic N) is 5. The first-order valence-electron chi connectivity index (χ1n) is 12.5. The minimum atomic E-state index is -0.432. The smallest absolute Gasteiger partial charge is 0.332 e. The van der Waals surface area contributed by atoms with E-state index in [0.717, 1.165) is 27.1 Å². The zero-order valence-corrected chi connectivity index (χ0v) is 22.2. The molecule has 3 heterocycles. The van der Waals surface area contributed by atoms with Gasteiger partial charge in [0, 0.05) is 19.6 Å². The number of ether oxygens (including phenoxy) is 1. The number of nitrogens with two attached hydrogens (primary N) is 1. The topological polar surface area (TPSA) is 124 Å². The number of urea groups is 1. The molecule has 12 heteroatoms. The summed E-state index contributed by atoms with van der Waals surface area (Å²) in [7, 11) is 1.61. The molecule has 1 atom stereocenters. The van der Waals surface area contributed by atoms with E-state index in [1.54, 1.807) is 26.9 Å². The lowest BCUT2D eigenvalue weighted by atomic mass is 10.1. The highest BCUT2D eigenvalue weighted by Gasteiger charge is 2.47. The summed E-state index contributed by atoms with van der Waals surface area (Å²) in [4.78, 5) is 47.0. The molecule has 3 aromatic rings. The van der Waals surface area contributed by atoms with E-state index >= 15 is 0 Å². The van der Waals surface area contributed by atoms with Gasteiger partial charge in [-0.05, 0) is 35.7 Å². The molecule has 0 radical (unpaired) electrons. The van der Waals surface area contributed by atoms with Gasteiger partial charge in [-0.25, -0.2) is 9.78 Å². The average Bonchev–Trinajstić information content (AvgIpc) is 3.45. The van der Waals surface area contributed by atoms with Crippen molar-refractivity contribution in [3.8, 4) is 5.75 Å². The molecular weight excluding hydrogens is 506 g/mol. The maximum atomic E-state index is 13.3. The lowest BCUT2D eigenvalue weighted by Gasteiger charge is -2.42. The summed E-state index contributed by atoms with van der Waals surface area (Å²) in [6.45, 7) is 3.41. The number of anilines is 1. The summed E-state index contributed by atoms with van der Waals surface area (Å²) < 4.78 is 6.16. The standard InChI is InChI=1S/C26H31N7O4S/c1-3-11-32(26(36)28-12-17-7-9-19(37-2)10-8-17)33-16-23(35)31-15-22(34)30(14-21(31)33)13-18-5-4-6-20-24(18)29-25(27)38-20/h4-10,21H,3,11-16H2,1-2H3,(H2,27,29)(H,28,36)/t21-/m0/s1. The number of para-hydroxylation sites is 1. The third kappa shape index (κ3) is 5.09. The van der Waals surface area contributed by atoms with Crippen molar-refractivity contribution < 1.29 is 19.1 Å². The Morgan fingerprint density at radius 3 is 2.71 bits per heavy atom. The van der Waals surface area contributed by atoms with Crippen molar-refractivity contribution >= 4 is 44.5 Å². The number of piperazine rings is 1. The van der Waals surface area contributed by atoms with Crippen LogP contribution in [0.2, 0.25) is 0 Å². The Morgan fingerprint density at radius 2 is 1.97 bits per heavy atom. The van der Waals surface area contributed by atoms with Gasteiger partial charge < -0.3 is 25.6 Å². The maximum absolute atomic E-state index is 13.3. The van der Waals surface area contributed by atoms with Gasteiger partial charge >= 0.3 is 6.03 Å². The molecule has 2 aromatic carbocycles. The second kappa shape index (κ2) is 10.8. The monoisotopic (exact) mass is 537 g/mol. The number of carbonyl (C=O) groups excluding carboxylic acids is 3. The molecule has 3 N–H and O–H groups in total. The Bertz CT molecular complexity index is 1350. The molecule has 4 amide bonds. The first-order chi connectivity index (χ1) is 18.4. The number of nitrogen functional groups attached to an aromatic ring is 1. The molecule has 2 fully saturated rings. The van der Waals surface area contributed by atoms with Crippen molar-refractivity contribution in [2.45, 2.75) is 32.6 Å². The summed E-state index contributed by atoms with van der Waals surface area (Å²) >= 11 is 1.41. The number of hydrogen-bond donors (Lipinski definition) is 2. The summed E-state index contributed by atoms with van der Waals surface area (Å²) in [6.07, 6.45) is 0.279. The van der Waals surface area contributed by atoms with Crippen LogP contribution in [-0.4, -0.2) is 82.1 Å². The number of methoxy groups -OCH3 is 1. The maximum Gasteiger partial charge on any atom is 0.332 e. The SMILES string of the molecule is CCCN(C(=O)NCc1ccc(OC)cc1)N1CC(=O)N2CC(=O)N(Cc3cccc4sc(N)nc34)C[C@@H]21. The normalized spacial score (nSPS) is 17.7. The average molecular weight is 538 g/mol. The van der Waals surface area contributed by atoms with Crippen LogP contribution in [0, 0.1) is 0 Å². The van der Waals surface area contributed by atoms with Gasteiger partial charge in [-0.2, -0.15) is 5.01 Å². The molecule has 0 spiro atoms. The van der Waals surface area contributed by atoms with E-state index in [2.05, 4.69) is 10.3 Å². The predicted molar refractivity (Wildman–Crippen MR) is 144 cm³/mol. The van der Waals surface area contributed by atoms with Gasteiger partial charge in [0.25, 0.3) is 0 Å². The fourth-order valence-corrected chi connectivity index (χ4v) is 5.70. The van der Waals surface area contributed by atoms with Crippen LogP contribution in [0.5, 0.6) is 5.75 Å². The molecule has 200 valence electrons. The zero-order chi connectivity index (χ0) is 26.8. The number of thiazole rings is 1. The molecule has 0 bridgehead atoms. The number of amides is 4. The minimum Gasteiger partial charge on any atom is -0.497 e. The summed E-state index contributed by atoms with van der Waals surface area (Å²) in [5, 5.41) is 6.83. The van der Waals surface area contributed by atoms with Crippen molar-refractivity contribution in [1.29, 1.82) is 0 Å². The molecule has 11 nitrogen and oxygen atoms in total. The van der Waals surface area contributed by atoms with Crippen molar-refractivity contribution in [3.05, 3.63) is 53.6 Å². The first kappa shape index (κ1) is 25.7. The van der Waals surface area contributed by atoms with Crippen LogP contribution in [0.1, 0.15) is 24.5 Å². The largest absolute Gasteiger partial charge is 0.497 e. The summed E-state index contributed by atoms with van der Waals surface area (Å²) in [6, 6.07) is 13.0. The Labute approximate surface area is 224 Å². The molecule has 0 aliphatic carbocycles. The molecule has 2 saturated heterocycles. The Kier molecular flexibility index (Phi) is 7.34. The molecule has 0 saturated carbocycles. The summed E-state index contributed by atoms with van der Waals surface area (Å²) in [5.74, 6) is 0.443. The van der Waals surface area contributed by atoms with Gasteiger partial charge in [0.2, 0.25) is 11.8 Å². The highest BCUT2D eigenvalue weighted by Crippen LogP contribution is 2.29. The Hall–Kier alpha value is -3.90. The van der Waals surface area contributed by atoms with E-state index < -0.39 is 6.17 Å². The van der Waals surface area contributed by atoms with E-state index in [9.17, 15) is 14.4 Å². The number of benzene rings is 2. The van der Waals surface area contributed by atoms with Crippen LogP contribution in [0.4, 0.5) is 9.93 Å². The fourth-order valence-electron chi connectivity index (χ4n) is 4.92. The molecule has 2 aliphatic heterocycles. The predicted octanol–water partition coefficient (Wildman–Crippen LogP) is 2.24. The zero-order valence-electron chi connectivity index (χ0n) is 21.4. The Morgan fingerprint density at radius 1 is 1.18 bits per heavy atom. The number of rotatable bonds is 8. The van der Waals surface area contributed by atoms with E-state index in [4.69, 9.17) is 10.5 Å². The van der Waals surface area contributed by atoms with Crippen LogP contribution >= 0.6 is 11.3 Å². The van der Waals surface area contributed by atoms with Crippen molar-refractivity contribution in [2.75, 3.05) is 39.0 Å². The minimum absolute atomic E-state index is 0.0252. The Balaban J connectivity index is 1.31. The number of fused-ring (bicyclic) bond motifs is 2. The van der Waals surface area contributed by atoms with Crippen LogP contribution in [0.15, 0.2) is 42.5 Å². The number of hydrazine groups is 1. The lowest BCUT2D eigenvalue weighted by molar-refractivity contribution is -0.149. The molecule has 5 rings (SSSR count). The third-order valence-electron chi connectivity index (χ3n) is 6.83. The van der Waals surface area contributed by atoms with Crippen LogP contribution in [0.3, 0.4) is 0 Å². The number of hydrogen-bond acceptors (Lipinski definition) is 8. The number of nitrogens with one attached hydrogen (secondary N) is 1. The van der Waals surface area contributed by atoms with E-state index in [1.807, 2.05) is 49.4 Å². The summed E-state index contributed by atoms with van der Waals surface area (Å²) in [5.41, 5.74) is 8.53. The quantitative estimate of drug-likeness (QED) is 0.452. The van der Waals surface area contributed by atoms with Gasteiger partial charge in [-0.3, -0.25) is 14.6 Å². The fraction of sp³-hybridized carbons (Fsp3) is 0.385. The molecule has 1 aromatic heterocycles. The van der Waals surface area contributed by atoms with Gasteiger partial charge in [0.1, 0.15) is 18.5 Å². The molecule has 2 aliphatic rings. The van der Waals surface area contributed by atoms with Crippen LogP contribution in [-0.2, 0) is 22.7 Å². The number of carbonyl (C=O) groups is 3.